The second kappa shape index (κ2) is 5.21. The number of carboxylic acid groups (broad SMARTS) is 1. The van der Waals surface area contributed by atoms with Crippen molar-refractivity contribution in [2.45, 2.75) is 38.5 Å². The molecule has 1 aromatic rings. The second-order valence-corrected chi connectivity index (χ2v) is 5.65. The fraction of sp³-hybridized carbons (Fsp3) is 0.500. The van der Waals surface area contributed by atoms with Gasteiger partial charge < -0.3 is 5.11 Å². The molecule has 0 radical (unpaired) electrons. The van der Waals surface area contributed by atoms with Crippen LogP contribution >= 0.6 is 15.9 Å². The fourth-order valence-corrected chi connectivity index (χ4v) is 2.83. The van der Waals surface area contributed by atoms with Crippen LogP contribution in [-0.2, 0) is 11.2 Å². The molecule has 0 saturated heterocycles. The quantitative estimate of drug-likeness (QED) is 0.892. The van der Waals surface area contributed by atoms with E-state index in [4.69, 9.17) is 5.11 Å². The van der Waals surface area contributed by atoms with Gasteiger partial charge in [-0.2, -0.15) is 0 Å². The van der Waals surface area contributed by atoms with E-state index in [1.54, 1.807) is 0 Å². The first-order valence-corrected chi connectivity index (χ1v) is 6.91. The molecule has 0 amide bonds. The molecule has 3 heteroatoms. The second-order valence-electron chi connectivity index (χ2n) is 4.74. The van der Waals surface area contributed by atoms with Crippen molar-refractivity contribution < 1.29 is 9.90 Å². The third-order valence-electron chi connectivity index (χ3n) is 3.47. The molecule has 0 bridgehead atoms. The van der Waals surface area contributed by atoms with Crippen LogP contribution in [0.3, 0.4) is 0 Å². The van der Waals surface area contributed by atoms with Gasteiger partial charge in [0.1, 0.15) is 0 Å². The minimum atomic E-state index is -0.691. The molecule has 0 spiro atoms. The van der Waals surface area contributed by atoms with Crippen molar-refractivity contribution in [3.8, 4) is 0 Å². The number of carbonyl (C=O) groups is 1. The van der Waals surface area contributed by atoms with E-state index >= 15 is 0 Å². The number of benzene rings is 1. The van der Waals surface area contributed by atoms with Gasteiger partial charge in [-0.25, -0.2) is 0 Å². The van der Waals surface area contributed by atoms with Gasteiger partial charge in [-0.3, -0.25) is 4.79 Å². The van der Waals surface area contributed by atoms with Gasteiger partial charge in [0.2, 0.25) is 0 Å². The van der Waals surface area contributed by atoms with Crippen molar-refractivity contribution in [1.29, 1.82) is 0 Å². The molecular formula is C14H17BrO2. The largest absolute Gasteiger partial charge is 0.481 e. The van der Waals surface area contributed by atoms with Crippen LogP contribution in [0.25, 0.3) is 0 Å². The van der Waals surface area contributed by atoms with Gasteiger partial charge in [-0.15, -0.1) is 0 Å². The highest BCUT2D eigenvalue weighted by molar-refractivity contribution is 9.10. The van der Waals surface area contributed by atoms with Gasteiger partial charge in [0.25, 0.3) is 0 Å². The summed E-state index contributed by atoms with van der Waals surface area (Å²) >= 11 is 3.48. The zero-order valence-corrected chi connectivity index (χ0v) is 11.5. The van der Waals surface area contributed by atoms with Crippen molar-refractivity contribution in [2.75, 3.05) is 0 Å². The molecule has 17 heavy (non-hydrogen) atoms. The van der Waals surface area contributed by atoms with Crippen molar-refractivity contribution in [3.63, 3.8) is 0 Å². The van der Waals surface area contributed by atoms with Crippen molar-refractivity contribution in [1.82, 2.24) is 0 Å². The summed E-state index contributed by atoms with van der Waals surface area (Å²) in [5.74, 6) is 0.0783. The van der Waals surface area contributed by atoms with Gasteiger partial charge in [-0.1, -0.05) is 28.9 Å². The summed E-state index contributed by atoms with van der Waals surface area (Å²) in [6, 6.07) is 6.24. The molecule has 2 rings (SSSR count). The summed E-state index contributed by atoms with van der Waals surface area (Å²) in [5, 5.41) is 9.04. The summed E-state index contributed by atoms with van der Waals surface area (Å²) < 4.78 is 1.04. The number of aliphatic carboxylic acids is 1. The Balaban J connectivity index is 2.33. The minimum absolute atomic E-state index is 0.194. The van der Waals surface area contributed by atoms with Gasteiger partial charge in [0.05, 0.1) is 6.42 Å². The topological polar surface area (TPSA) is 37.3 Å². The number of hydrogen-bond donors (Lipinski definition) is 1. The molecule has 1 unspecified atom stereocenters. The molecule has 1 saturated carbocycles. The van der Waals surface area contributed by atoms with E-state index in [0.29, 0.717) is 5.92 Å². The Labute approximate surface area is 110 Å². The number of hydrogen-bond acceptors (Lipinski definition) is 1. The zero-order chi connectivity index (χ0) is 12.4. The summed E-state index contributed by atoms with van der Waals surface area (Å²) in [7, 11) is 0. The lowest BCUT2D eigenvalue weighted by atomic mass is 9.87. The first-order chi connectivity index (χ1) is 8.11. The maximum absolute atomic E-state index is 11.0. The number of aryl methyl sites for hydroxylation is 1. The van der Waals surface area contributed by atoms with Crippen LogP contribution in [0.1, 0.15) is 43.2 Å². The number of carboxylic acids is 1. The molecule has 1 aromatic carbocycles. The molecule has 1 aliphatic rings. The van der Waals surface area contributed by atoms with Crippen molar-refractivity contribution in [2.24, 2.45) is 5.92 Å². The lowest BCUT2D eigenvalue weighted by Crippen LogP contribution is -2.10. The molecule has 0 heterocycles. The predicted octanol–water partition coefficient (Wildman–Crippen LogP) is 3.98. The molecule has 0 aliphatic heterocycles. The average Bonchev–Trinajstić information content (AvgIpc) is 3.09. The Morgan fingerprint density at radius 3 is 2.76 bits per heavy atom. The summed E-state index contributed by atoms with van der Waals surface area (Å²) in [6.07, 6.45) is 3.57. The van der Waals surface area contributed by atoms with Crippen LogP contribution in [0.4, 0.5) is 0 Å². The Kier molecular flexibility index (Phi) is 3.87. The fourth-order valence-electron chi connectivity index (χ4n) is 2.45. The Hall–Kier alpha value is -0.830. The van der Waals surface area contributed by atoms with Crippen LogP contribution in [-0.4, -0.2) is 11.1 Å². The maximum Gasteiger partial charge on any atom is 0.303 e. The summed E-state index contributed by atoms with van der Waals surface area (Å²) in [4.78, 5) is 11.0. The monoisotopic (exact) mass is 296 g/mol. The molecule has 2 nitrogen and oxygen atoms in total. The lowest BCUT2D eigenvalue weighted by molar-refractivity contribution is -0.137. The first-order valence-electron chi connectivity index (χ1n) is 6.12. The lowest BCUT2D eigenvalue weighted by Gasteiger charge is -2.18. The number of rotatable bonds is 5. The van der Waals surface area contributed by atoms with Gasteiger partial charge in [0.15, 0.2) is 0 Å². The Bertz CT molecular complexity index is 424. The third-order valence-corrected chi connectivity index (χ3v) is 3.97. The highest BCUT2D eigenvalue weighted by Gasteiger charge is 2.34. The molecule has 1 atom stereocenters. The van der Waals surface area contributed by atoms with Crippen molar-refractivity contribution >= 4 is 21.9 Å². The van der Waals surface area contributed by atoms with E-state index in [1.807, 2.05) is 6.07 Å². The highest BCUT2D eigenvalue weighted by atomic mass is 79.9. The third kappa shape index (κ3) is 3.09. The van der Waals surface area contributed by atoms with Crippen LogP contribution in [0.5, 0.6) is 0 Å². The van der Waals surface area contributed by atoms with E-state index in [2.05, 4.69) is 35.0 Å². The SMILES string of the molecule is CCc1ccc(Br)cc1C(CC(=O)O)C1CC1. The molecule has 1 N–H and O–H groups in total. The van der Waals surface area contributed by atoms with E-state index in [1.165, 1.54) is 24.0 Å². The van der Waals surface area contributed by atoms with E-state index in [0.717, 1.165) is 10.9 Å². The normalized spacial score (nSPS) is 16.8. The Morgan fingerprint density at radius 2 is 2.24 bits per heavy atom. The summed E-state index contributed by atoms with van der Waals surface area (Å²) in [5.41, 5.74) is 2.51. The minimum Gasteiger partial charge on any atom is -0.481 e. The standard InChI is InChI=1S/C14H17BrO2/c1-2-9-5-6-11(15)7-12(9)13(8-14(16)17)10-3-4-10/h5-7,10,13H,2-4,8H2,1H3,(H,16,17). The molecule has 92 valence electrons. The molecule has 1 aliphatic carbocycles. The van der Waals surface area contributed by atoms with E-state index in [9.17, 15) is 4.79 Å². The average molecular weight is 297 g/mol. The molecular weight excluding hydrogens is 280 g/mol. The van der Waals surface area contributed by atoms with Gasteiger partial charge >= 0.3 is 5.97 Å². The van der Waals surface area contributed by atoms with Crippen molar-refractivity contribution in [3.05, 3.63) is 33.8 Å². The maximum atomic E-state index is 11.0. The molecule has 0 aromatic heterocycles. The molecule has 1 fully saturated rings. The summed E-state index contributed by atoms with van der Waals surface area (Å²) in [6.45, 7) is 2.12. The van der Waals surface area contributed by atoms with Crippen LogP contribution in [0.15, 0.2) is 22.7 Å². The van der Waals surface area contributed by atoms with E-state index in [-0.39, 0.29) is 12.3 Å². The van der Waals surface area contributed by atoms with Crippen LogP contribution in [0.2, 0.25) is 0 Å². The zero-order valence-electron chi connectivity index (χ0n) is 9.95. The van der Waals surface area contributed by atoms with Gasteiger partial charge in [-0.05, 0) is 54.4 Å². The van der Waals surface area contributed by atoms with Crippen LogP contribution in [0, 0.1) is 5.92 Å². The smallest absolute Gasteiger partial charge is 0.303 e. The van der Waals surface area contributed by atoms with Crippen LogP contribution < -0.4 is 0 Å². The van der Waals surface area contributed by atoms with E-state index < -0.39 is 5.97 Å². The van der Waals surface area contributed by atoms with Gasteiger partial charge in [0, 0.05) is 4.47 Å². The number of halogens is 1. The Morgan fingerprint density at radius 1 is 1.53 bits per heavy atom. The predicted molar refractivity (Wildman–Crippen MR) is 71.2 cm³/mol. The highest BCUT2D eigenvalue weighted by Crippen LogP contribution is 2.46. The first kappa shape index (κ1) is 12.6.